The Balaban J connectivity index is 1.39. The summed E-state index contributed by atoms with van der Waals surface area (Å²) in [6, 6.07) is 14.5. The minimum absolute atomic E-state index is 0.159. The quantitative estimate of drug-likeness (QED) is 0.852. The van der Waals surface area contributed by atoms with Crippen LogP contribution < -0.4 is 10.6 Å². The van der Waals surface area contributed by atoms with Crippen molar-refractivity contribution in [3.63, 3.8) is 0 Å². The number of amides is 2. The zero-order valence-corrected chi connectivity index (χ0v) is 17.2. The molecule has 5 heteroatoms. The van der Waals surface area contributed by atoms with Crippen molar-refractivity contribution in [1.82, 2.24) is 4.90 Å². The van der Waals surface area contributed by atoms with Crippen molar-refractivity contribution in [1.29, 1.82) is 0 Å². The van der Waals surface area contributed by atoms with Crippen molar-refractivity contribution in [2.75, 3.05) is 31.1 Å². The van der Waals surface area contributed by atoms with Gasteiger partial charge in [-0.2, -0.15) is 0 Å². The van der Waals surface area contributed by atoms with Gasteiger partial charge in [0.25, 0.3) is 5.91 Å². The fourth-order valence-electron chi connectivity index (χ4n) is 4.83. The van der Waals surface area contributed by atoms with Gasteiger partial charge < -0.3 is 15.5 Å². The predicted octanol–water partition coefficient (Wildman–Crippen LogP) is 2.93. The van der Waals surface area contributed by atoms with E-state index in [0.29, 0.717) is 24.7 Å². The molecule has 2 fully saturated rings. The largest absolute Gasteiger partial charge is 0.371 e. The van der Waals surface area contributed by atoms with Crippen molar-refractivity contribution in [2.45, 2.75) is 26.7 Å². The molecule has 5 nitrogen and oxygen atoms in total. The van der Waals surface area contributed by atoms with Crippen molar-refractivity contribution in [3.05, 3.63) is 64.7 Å². The Kier molecular flexibility index (Phi) is 5.31. The van der Waals surface area contributed by atoms with Gasteiger partial charge in [0.1, 0.15) is 0 Å². The second-order valence-electron chi connectivity index (χ2n) is 8.65. The van der Waals surface area contributed by atoms with Crippen LogP contribution in [0.1, 0.15) is 33.5 Å². The topological polar surface area (TPSA) is 66.6 Å². The first-order valence-electron chi connectivity index (χ1n) is 10.4. The molecule has 4 rings (SSSR count). The normalized spacial score (nSPS) is 20.8. The Bertz CT molecular complexity index is 905. The lowest BCUT2D eigenvalue weighted by molar-refractivity contribution is -0.117. The van der Waals surface area contributed by atoms with Crippen LogP contribution in [-0.4, -0.2) is 42.9 Å². The van der Waals surface area contributed by atoms with E-state index in [-0.39, 0.29) is 11.8 Å². The summed E-state index contributed by atoms with van der Waals surface area (Å²) in [6.07, 6.45) is 1.06. The molecule has 2 atom stereocenters. The molecule has 2 aliphatic heterocycles. The van der Waals surface area contributed by atoms with Crippen LogP contribution in [0.4, 0.5) is 5.69 Å². The summed E-state index contributed by atoms with van der Waals surface area (Å²) in [5.74, 6) is 0.920. The van der Waals surface area contributed by atoms with Crippen molar-refractivity contribution < 1.29 is 9.59 Å². The second kappa shape index (κ2) is 7.90. The van der Waals surface area contributed by atoms with Crippen LogP contribution in [0.3, 0.4) is 0 Å². The number of nitrogens with zero attached hydrogens (tertiary/aromatic N) is 2. The first-order chi connectivity index (χ1) is 13.9. The van der Waals surface area contributed by atoms with Gasteiger partial charge >= 0.3 is 0 Å². The third kappa shape index (κ3) is 4.29. The maximum Gasteiger partial charge on any atom is 0.253 e. The van der Waals surface area contributed by atoms with Crippen LogP contribution in [-0.2, 0) is 11.2 Å². The highest BCUT2D eigenvalue weighted by Gasteiger charge is 2.41. The number of hydrogen-bond donors (Lipinski definition) is 1. The second-order valence-corrected chi connectivity index (χ2v) is 8.65. The maximum absolute atomic E-state index is 13.0. The highest BCUT2D eigenvalue weighted by molar-refractivity contribution is 5.94. The van der Waals surface area contributed by atoms with Crippen molar-refractivity contribution in [2.24, 2.45) is 17.6 Å². The van der Waals surface area contributed by atoms with Crippen LogP contribution >= 0.6 is 0 Å². The van der Waals surface area contributed by atoms with E-state index in [1.807, 2.05) is 36.9 Å². The molecule has 2 aromatic carbocycles. The molecule has 0 spiro atoms. The number of nitrogens with two attached hydrogens (primary N) is 1. The third-order valence-electron chi connectivity index (χ3n) is 6.18. The smallest absolute Gasteiger partial charge is 0.253 e. The van der Waals surface area contributed by atoms with E-state index in [4.69, 9.17) is 5.73 Å². The molecule has 0 aromatic heterocycles. The number of anilines is 1. The summed E-state index contributed by atoms with van der Waals surface area (Å²) in [7, 11) is 0. The van der Waals surface area contributed by atoms with E-state index in [1.165, 1.54) is 5.69 Å². The van der Waals surface area contributed by atoms with E-state index < -0.39 is 0 Å². The molecular weight excluding hydrogens is 362 g/mol. The molecule has 0 radical (unpaired) electrons. The minimum atomic E-state index is -0.264. The molecule has 0 saturated carbocycles. The van der Waals surface area contributed by atoms with E-state index >= 15 is 0 Å². The molecule has 2 aromatic rings. The number of likely N-dealkylation sites (tertiary alicyclic amines) is 1. The van der Waals surface area contributed by atoms with E-state index in [0.717, 1.165) is 48.4 Å². The number of hydrogen-bond acceptors (Lipinski definition) is 3. The number of fused-ring (bicyclic) bond motifs is 1. The maximum atomic E-state index is 13.0. The summed E-state index contributed by atoms with van der Waals surface area (Å²) >= 11 is 0. The molecule has 152 valence electrons. The van der Waals surface area contributed by atoms with Gasteiger partial charge in [0.15, 0.2) is 0 Å². The summed E-state index contributed by atoms with van der Waals surface area (Å²) in [4.78, 5) is 28.5. The Morgan fingerprint density at radius 1 is 0.966 bits per heavy atom. The molecule has 2 N–H and O–H groups in total. The number of rotatable bonds is 5. The number of carbonyl (C=O) groups excluding carboxylic acids is 2. The van der Waals surface area contributed by atoms with Crippen LogP contribution in [0.15, 0.2) is 42.5 Å². The van der Waals surface area contributed by atoms with Gasteiger partial charge in [0.05, 0.1) is 0 Å². The van der Waals surface area contributed by atoms with E-state index in [2.05, 4.69) is 29.2 Å². The summed E-state index contributed by atoms with van der Waals surface area (Å²) in [5.41, 5.74) is 10.7. The lowest BCUT2D eigenvalue weighted by Gasteiger charge is -2.24. The van der Waals surface area contributed by atoms with Gasteiger partial charge in [-0.05, 0) is 50.1 Å². The zero-order valence-electron chi connectivity index (χ0n) is 17.2. The Labute approximate surface area is 172 Å². The number of carbonyl (C=O) groups is 2. The lowest BCUT2D eigenvalue weighted by Crippen LogP contribution is -2.33. The fraction of sp³-hybridized carbons (Fsp3) is 0.417. The predicted molar refractivity (Wildman–Crippen MR) is 115 cm³/mol. The summed E-state index contributed by atoms with van der Waals surface area (Å²) < 4.78 is 0. The van der Waals surface area contributed by atoms with E-state index in [1.54, 1.807) is 0 Å². The summed E-state index contributed by atoms with van der Waals surface area (Å²) in [5, 5.41) is 0. The van der Waals surface area contributed by atoms with Gasteiger partial charge in [-0.1, -0.05) is 29.3 Å². The lowest BCUT2D eigenvalue weighted by atomic mass is 10.0. The highest BCUT2D eigenvalue weighted by Crippen LogP contribution is 2.35. The zero-order chi connectivity index (χ0) is 20.5. The molecule has 2 unspecified atom stereocenters. The molecule has 29 heavy (non-hydrogen) atoms. The average Bonchev–Trinajstić information content (AvgIpc) is 3.24. The monoisotopic (exact) mass is 391 g/mol. The number of benzene rings is 2. The molecule has 2 saturated heterocycles. The minimum Gasteiger partial charge on any atom is -0.371 e. The van der Waals surface area contributed by atoms with E-state index in [9.17, 15) is 9.59 Å². The van der Waals surface area contributed by atoms with Crippen molar-refractivity contribution >= 4 is 17.5 Å². The number of primary amides is 1. The van der Waals surface area contributed by atoms with Gasteiger partial charge in [-0.3, -0.25) is 9.59 Å². The molecule has 2 aliphatic rings. The van der Waals surface area contributed by atoms with Crippen LogP contribution in [0, 0.1) is 25.7 Å². The van der Waals surface area contributed by atoms with Crippen LogP contribution in [0.2, 0.25) is 0 Å². The first-order valence-corrected chi connectivity index (χ1v) is 10.4. The fourth-order valence-corrected chi connectivity index (χ4v) is 4.83. The Morgan fingerprint density at radius 3 is 2.24 bits per heavy atom. The van der Waals surface area contributed by atoms with Crippen LogP contribution in [0.25, 0.3) is 0 Å². The third-order valence-corrected chi connectivity index (χ3v) is 6.18. The molecule has 2 amide bonds. The van der Waals surface area contributed by atoms with Crippen molar-refractivity contribution in [3.8, 4) is 0 Å². The Morgan fingerprint density at radius 2 is 1.62 bits per heavy atom. The molecule has 0 aliphatic carbocycles. The SMILES string of the molecule is Cc1cc(C)cc(C(=O)N2CC3CN(c4cccc(CCC(N)=O)c4)CC3C2)c1. The van der Waals surface area contributed by atoms with Crippen LogP contribution in [0.5, 0.6) is 0 Å². The van der Waals surface area contributed by atoms with Gasteiger partial charge in [-0.25, -0.2) is 0 Å². The average molecular weight is 392 g/mol. The Hall–Kier alpha value is -2.82. The highest BCUT2D eigenvalue weighted by atomic mass is 16.2. The number of aryl methyl sites for hydroxylation is 3. The standard InChI is InChI=1S/C24H29N3O2/c1-16-8-17(2)10-19(9-16)24(29)27-14-20-12-26(13-21(20)15-27)22-5-3-4-18(11-22)6-7-23(25)28/h3-5,8-11,20-21H,6-7,12-15H2,1-2H3,(H2,25,28). The molecule has 2 heterocycles. The molecular formula is C24H29N3O2. The first kappa shape index (κ1) is 19.5. The van der Waals surface area contributed by atoms with Gasteiger partial charge in [-0.15, -0.1) is 0 Å². The molecule has 0 bridgehead atoms. The van der Waals surface area contributed by atoms with Gasteiger partial charge in [0, 0.05) is 55.7 Å². The van der Waals surface area contributed by atoms with Gasteiger partial charge in [0.2, 0.25) is 5.91 Å². The summed E-state index contributed by atoms with van der Waals surface area (Å²) in [6.45, 7) is 7.68.